The SMILES string of the molecule is COC(=O)N1C=CC(Cl)=C2C=S(C(F)(F)F)C=C21. The molecule has 0 spiro atoms. The van der Waals surface area contributed by atoms with Crippen LogP contribution in [0.2, 0.25) is 0 Å². The molecule has 0 N–H and O–H groups in total. The zero-order valence-electron chi connectivity index (χ0n) is 8.99. The molecule has 2 rings (SSSR count). The molecule has 0 radical (unpaired) electrons. The van der Waals surface area contributed by atoms with Gasteiger partial charge in [-0.2, -0.15) is 13.2 Å². The van der Waals surface area contributed by atoms with Crippen molar-refractivity contribution in [2.24, 2.45) is 0 Å². The number of hydrogen-bond donors (Lipinski definition) is 0. The molecule has 0 saturated carbocycles. The van der Waals surface area contributed by atoms with Gasteiger partial charge in [-0.25, -0.2) is 4.79 Å². The average Bonchev–Trinajstić information content (AvgIpc) is 2.74. The van der Waals surface area contributed by atoms with Crippen molar-refractivity contribution in [1.29, 1.82) is 0 Å². The third kappa shape index (κ3) is 2.20. The van der Waals surface area contributed by atoms with Gasteiger partial charge in [0.2, 0.25) is 0 Å². The van der Waals surface area contributed by atoms with E-state index in [0.717, 1.165) is 22.8 Å². The molecule has 18 heavy (non-hydrogen) atoms. The highest BCUT2D eigenvalue weighted by Crippen LogP contribution is 2.46. The molecule has 98 valence electrons. The standard InChI is InChI=1S/C10H7ClF3NO2S/c1-17-9(16)15-3-2-7(11)6-4-18(5-8(6)15)10(12,13)14/h2-5H,1H3. The average molecular weight is 298 g/mol. The van der Waals surface area contributed by atoms with Gasteiger partial charge in [0.15, 0.2) is 0 Å². The van der Waals surface area contributed by atoms with Gasteiger partial charge in [0.1, 0.15) is 0 Å². The molecule has 0 aromatic rings. The van der Waals surface area contributed by atoms with Gasteiger partial charge in [0, 0.05) is 11.8 Å². The van der Waals surface area contributed by atoms with Crippen LogP contribution in [0.5, 0.6) is 0 Å². The number of methoxy groups -OCH3 is 1. The molecular weight excluding hydrogens is 291 g/mol. The van der Waals surface area contributed by atoms with Gasteiger partial charge in [-0.05, 0) is 16.9 Å². The van der Waals surface area contributed by atoms with E-state index in [9.17, 15) is 18.0 Å². The molecule has 0 aliphatic carbocycles. The fraction of sp³-hybridized carbons (Fsp3) is 0.200. The van der Waals surface area contributed by atoms with Gasteiger partial charge in [0.05, 0.1) is 17.8 Å². The predicted octanol–water partition coefficient (Wildman–Crippen LogP) is 3.52. The summed E-state index contributed by atoms with van der Waals surface area (Å²) < 4.78 is 42.5. The molecule has 1 atom stereocenters. The van der Waals surface area contributed by atoms with E-state index in [1.807, 2.05) is 0 Å². The Kier molecular flexibility index (Phi) is 3.29. The summed E-state index contributed by atoms with van der Waals surface area (Å²) >= 11 is 5.83. The highest BCUT2D eigenvalue weighted by Gasteiger charge is 2.37. The Labute approximate surface area is 108 Å². The van der Waals surface area contributed by atoms with Crippen LogP contribution in [0.1, 0.15) is 0 Å². The normalized spacial score (nSPS) is 22.6. The quantitative estimate of drug-likeness (QED) is 0.640. The lowest BCUT2D eigenvalue weighted by atomic mass is 10.1. The molecule has 2 heterocycles. The molecule has 0 aromatic heterocycles. The Balaban J connectivity index is 2.45. The summed E-state index contributed by atoms with van der Waals surface area (Å²) in [5.41, 5.74) is -4.07. The van der Waals surface area contributed by atoms with Crippen molar-refractivity contribution in [3.63, 3.8) is 0 Å². The van der Waals surface area contributed by atoms with Gasteiger partial charge in [-0.3, -0.25) is 4.90 Å². The number of fused-ring (bicyclic) bond motifs is 1. The minimum Gasteiger partial charge on any atom is -0.452 e. The van der Waals surface area contributed by atoms with E-state index in [4.69, 9.17) is 11.6 Å². The fourth-order valence-electron chi connectivity index (χ4n) is 1.47. The highest BCUT2D eigenvalue weighted by atomic mass is 35.5. The van der Waals surface area contributed by atoms with Gasteiger partial charge in [-0.15, -0.1) is 0 Å². The lowest BCUT2D eigenvalue weighted by molar-refractivity contribution is -0.0326. The van der Waals surface area contributed by atoms with Crippen LogP contribution < -0.4 is 0 Å². The molecule has 8 heteroatoms. The first-order chi connectivity index (χ1) is 8.34. The maximum Gasteiger partial charge on any atom is 0.440 e. The van der Waals surface area contributed by atoms with Crippen molar-refractivity contribution in [2.45, 2.75) is 5.51 Å². The molecule has 2 aliphatic rings. The second kappa shape index (κ2) is 4.47. The molecule has 1 unspecified atom stereocenters. The Morgan fingerprint density at radius 2 is 2.17 bits per heavy atom. The third-order valence-electron chi connectivity index (χ3n) is 2.28. The van der Waals surface area contributed by atoms with E-state index in [0.29, 0.717) is 0 Å². The van der Waals surface area contributed by atoms with Crippen LogP contribution in [0.3, 0.4) is 0 Å². The third-order valence-corrected chi connectivity index (χ3v) is 4.12. The fourth-order valence-corrected chi connectivity index (χ4v) is 3.06. The molecular formula is C10H7ClF3NO2S. The summed E-state index contributed by atoms with van der Waals surface area (Å²) in [6, 6.07) is 0. The van der Waals surface area contributed by atoms with E-state index >= 15 is 0 Å². The van der Waals surface area contributed by atoms with E-state index in [-0.39, 0.29) is 16.3 Å². The number of carbonyl (C=O) groups is 1. The summed E-state index contributed by atoms with van der Waals surface area (Å²) in [6.07, 6.45) is 1.87. The van der Waals surface area contributed by atoms with Crippen LogP contribution in [0, 0.1) is 0 Å². The summed E-state index contributed by atoms with van der Waals surface area (Å²) in [5, 5.41) is 2.15. The van der Waals surface area contributed by atoms with Crippen molar-refractivity contribution in [3.05, 3.63) is 34.0 Å². The number of nitrogens with zero attached hydrogens (tertiary/aromatic N) is 1. The number of carbonyl (C=O) groups excluding carboxylic acids is 1. The number of hydrogen-bond acceptors (Lipinski definition) is 2. The van der Waals surface area contributed by atoms with E-state index in [2.05, 4.69) is 4.74 Å². The lowest BCUT2D eigenvalue weighted by Crippen LogP contribution is -2.27. The maximum absolute atomic E-state index is 12.7. The first kappa shape index (κ1) is 13.2. The highest BCUT2D eigenvalue weighted by molar-refractivity contribution is 8.18. The Bertz CT molecular complexity index is 534. The lowest BCUT2D eigenvalue weighted by Gasteiger charge is -2.22. The second-order valence-corrected chi connectivity index (χ2v) is 5.44. The summed E-state index contributed by atoms with van der Waals surface area (Å²) in [7, 11) is -0.892. The van der Waals surface area contributed by atoms with E-state index in [1.54, 1.807) is 0 Å². The minimum atomic E-state index is -4.38. The number of amides is 1. The Hall–Kier alpha value is -1.21. The molecule has 0 saturated heterocycles. The van der Waals surface area contributed by atoms with Crippen LogP contribution in [-0.2, 0) is 4.74 Å². The maximum atomic E-state index is 12.7. The van der Waals surface area contributed by atoms with Crippen molar-refractivity contribution in [1.82, 2.24) is 4.90 Å². The Morgan fingerprint density at radius 3 is 2.72 bits per heavy atom. The first-order valence-corrected chi connectivity index (χ1v) is 6.38. The van der Waals surface area contributed by atoms with Gasteiger partial charge < -0.3 is 4.74 Å². The molecule has 0 aromatic carbocycles. The molecule has 2 aliphatic heterocycles. The van der Waals surface area contributed by atoms with E-state index < -0.39 is 22.1 Å². The molecule has 0 fully saturated rings. The van der Waals surface area contributed by atoms with Crippen LogP contribution in [0.15, 0.2) is 34.0 Å². The Morgan fingerprint density at radius 1 is 1.50 bits per heavy atom. The van der Waals surface area contributed by atoms with Crippen LogP contribution in [-0.4, -0.2) is 29.0 Å². The van der Waals surface area contributed by atoms with E-state index in [1.165, 1.54) is 12.3 Å². The smallest absolute Gasteiger partial charge is 0.440 e. The molecule has 3 nitrogen and oxygen atoms in total. The monoisotopic (exact) mass is 297 g/mol. The number of rotatable bonds is 0. The number of halogens is 4. The zero-order chi connectivity index (χ0) is 13.5. The number of alkyl halides is 3. The van der Waals surface area contributed by atoms with Crippen molar-refractivity contribution in [3.8, 4) is 0 Å². The first-order valence-electron chi connectivity index (χ1n) is 4.65. The predicted molar refractivity (Wildman–Crippen MR) is 64.1 cm³/mol. The van der Waals surface area contributed by atoms with Crippen molar-refractivity contribution < 1.29 is 22.7 Å². The van der Waals surface area contributed by atoms with Gasteiger partial charge >= 0.3 is 11.6 Å². The van der Waals surface area contributed by atoms with Crippen molar-refractivity contribution in [2.75, 3.05) is 7.11 Å². The number of ether oxygens (including phenoxy) is 1. The largest absolute Gasteiger partial charge is 0.452 e. The summed E-state index contributed by atoms with van der Waals surface area (Å²) in [5.74, 6) is 0. The summed E-state index contributed by atoms with van der Waals surface area (Å²) in [4.78, 5) is 12.4. The zero-order valence-corrected chi connectivity index (χ0v) is 10.6. The van der Waals surface area contributed by atoms with Crippen LogP contribution in [0.4, 0.5) is 18.0 Å². The topological polar surface area (TPSA) is 29.5 Å². The minimum absolute atomic E-state index is 0.106. The van der Waals surface area contributed by atoms with Gasteiger partial charge in [-0.1, -0.05) is 22.1 Å². The molecule has 0 bridgehead atoms. The van der Waals surface area contributed by atoms with Gasteiger partial charge in [0.25, 0.3) is 0 Å². The van der Waals surface area contributed by atoms with Crippen molar-refractivity contribution >= 4 is 33.5 Å². The second-order valence-electron chi connectivity index (χ2n) is 3.36. The van der Waals surface area contributed by atoms with Crippen LogP contribution in [0.25, 0.3) is 0 Å². The number of allylic oxidation sites excluding steroid dienone is 3. The van der Waals surface area contributed by atoms with Crippen LogP contribution >= 0.6 is 22.1 Å². The summed E-state index contributed by atoms with van der Waals surface area (Å²) in [6.45, 7) is 0. The molecule has 1 amide bonds.